The van der Waals surface area contributed by atoms with E-state index in [1.54, 1.807) is 18.2 Å². The van der Waals surface area contributed by atoms with Crippen molar-refractivity contribution in [1.29, 1.82) is 10.5 Å². The molecule has 8 nitrogen and oxygen atoms in total. The summed E-state index contributed by atoms with van der Waals surface area (Å²) < 4.78 is 10.5. The number of aromatic nitrogens is 1. The summed E-state index contributed by atoms with van der Waals surface area (Å²) in [7, 11) is 2.99. The summed E-state index contributed by atoms with van der Waals surface area (Å²) >= 11 is 1.08. The van der Waals surface area contributed by atoms with Crippen LogP contribution in [0.4, 0.5) is 5.82 Å². The molecular weight excluding hydrogens is 368 g/mol. The Balaban J connectivity index is 2.69. The van der Waals surface area contributed by atoms with E-state index < -0.39 is 12.7 Å². The van der Waals surface area contributed by atoms with Crippen molar-refractivity contribution < 1.29 is 19.7 Å². The van der Waals surface area contributed by atoms with Gasteiger partial charge in [0.1, 0.15) is 28.5 Å². The average molecular weight is 386 g/mol. The number of benzene rings is 1. The molecule has 0 aliphatic heterocycles. The molecule has 0 saturated heterocycles. The third-order valence-electron chi connectivity index (χ3n) is 3.71. The van der Waals surface area contributed by atoms with Crippen LogP contribution in [0.5, 0.6) is 11.5 Å². The zero-order chi connectivity index (χ0) is 20.0. The Hall–Kier alpha value is -2.98. The van der Waals surface area contributed by atoms with Crippen LogP contribution in [0.2, 0.25) is 0 Å². The molecule has 0 saturated carbocycles. The lowest BCUT2D eigenvalue weighted by molar-refractivity contribution is 0.113. The van der Waals surface area contributed by atoms with Crippen LogP contribution in [0.15, 0.2) is 23.2 Å². The fraction of sp³-hybridized carbons (Fsp3) is 0.278. The van der Waals surface area contributed by atoms with Crippen LogP contribution in [0.3, 0.4) is 0 Å². The van der Waals surface area contributed by atoms with Gasteiger partial charge in [-0.05, 0) is 17.7 Å². The number of aliphatic hydroxyl groups excluding tert-OH is 2. The Bertz CT molecular complexity index is 921. The van der Waals surface area contributed by atoms with Crippen molar-refractivity contribution in [2.75, 3.05) is 32.3 Å². The highest BCUT2D eigenvalue weighted by Crippen LogP contribution is 2.39. The predicted molar refractivity (Wildman–Crippen MR) is 100 cm³/mol. The summed E-state index contributed by atoms with van der Waals surface area (Å²) in [6.45, 7) is -0.414. The highest BCUT2D eigenvalue weighted by molar-refractivity contribution is 7.99. The molecular formula is C18H18N4O4S. The first kappa shape index (κ1) is 20.3. The Morgan fingerprint density at radius 1 is 1.19 bits per heavy atom. The van der Waals surface area contributed by atoms with Gasteiger partial charge in [0, 0.05) is 11.3 Å². The van der Waals surface area contributed by atoms with Crippen LogP contribution in [0, 0.1) is 22.7 Å². The molecule has 0 aliphatic carbocycles. The summed E-state index contributed by atoms with van der Waals surface area (Å²) in [6, 6.07) is 9.06. The minimum Gasteiger partial charge on any atom is -0.493 e. The SMILES string of the molecule is COc1ccc(-c2c(C#N)c(N)nc(SCC(O)CO)c2C#N)cc1OC. The molecule has 1 unspecified atom stereocenters. The second-order valence-electron chi connectivity index (χ2n) is 5.37. The number of thioether (sulfide) groups is 1. The van der Waals surface area contributed by atoms with Crippen molar-refractivity contribution in [2.45, 2.75) is 11.1 Å². The first-order valence-electron chi connectivity index (χ1n) is 7.78. The Morgan fingerprint density at radius 3 is 2.41 bits per heavy atom. The minimum absolute atomic E-state index is 0.0257. The van der Waals surface area contributed by atoms with Gasteiger partial charge in [-0.25, -0.2) is 4.98 Å². The van der Waals surface area contributed by atoms with Crippen molar-refractivity contribution in [3.63, 3.8) is 0 Å². The number of ether oxygens (including phenoxy) is 2. The molecule has 0 bridgehead atoms. The fourth-order valence-corrected chi connectivity index (χ4v) is 3.32. The van der Waals surface area contributed by atoms with Gasteiger partial charge in [0.2, 0.25) is 0 Å². The van der Waals surface area contributed by atoms with Gasteiger partial charge >= 0.3 is 0 Å². The van der Waals surface area contributed by atoms with Gasteiger partial charge in [0.05, 0.1) is 32.5 Å². The Labute approximate surface area is 160 Å². The lowest BCUT2D eigenvalue weighted by Crippen LogP contribution is -2.15. The van der Waals surface area contributed by atoms with Crippen LogP contribution in [0.25, 0.3) is 11.1 Å². The second kappa shape index (κ2) is 9.10. The smallest absolute Gasteiger partial charge is 0.161 e. The second-order valence-corrected chi connectivity index (χ2v) is 6.38. The van der Waals surface area contributed by atoms with Gasteiger partial charge in [-0.2, -0.15) is 10.5 Å². The van der Waals surface area contributed by atoms with Crippen LogP contribution in [-0.4, -0.2) is 47.9 Å². The van der Waals surface area contributed by atoms with Crippen molar-refractivity contribution in [2.24, 2.45) is 0 Å². The van der Waals surface area contributed by atoms with Crippen LogP contribution < -0.4 is 15.2 Å². The van der Waals surface area contributed by atoms with E-state index in [0.29, 0.717) is 22.6 Å². The van der Waals surface area contributed by atoms with Crippen molar-refractivity contribution in [3.05, 3.63) is 29.3 Å². The van der Waals surface area contributed by atoms with Crippen molar-refractivity contribution in [1.82, 2.24) is 4.98 Å². The molecule has 0 fully saturated rings. The quantitative estimate of drug-likeness (QED) is 0.603. The highest BCUT2D eigenvalue weighted by atomic mass is 32.2. The van der Waals surface area contributed by atoms with Gasteiger partial charge in [0.25, 0.3) is 0 Å². The maximum atomic E-state index is 9.70. The largest absolute Gasteiger partial charge is 0.493 e. The van der Waals surface area contributed by atoms with Gasteiger partial charge in [-0.15, -0.1) is 11.8 Å². The number of anilines is 1. The van der Waals surface area contributed by atoms with Gasteiger partial charge in [-0.1, -0.05) is 6.07 Å². The van der Waals surface area contributed by atoms with Crippen LogP contribution >= 0.6 is 11.8 Å². The monoisotopic (exact) mass is 386 g/mol. The molecule has 0 radical (unpaired) electrons. The van der Waals surface area contributed by atoms with E-state index in [2.05, 4.69) is 11.1 Å². The number of nitrogens with zero attached hydrogens (tertiary/aromatic N) is 3. The topological polar surface area (TPSA) is 145 Å². The summed E-state index contributed by atoms with van der Waals surface area (Å²) in [5.74, 6) is 1.03. The first-order chi connectivity index (χ1) is 13.0. The molecule has 0 spiro atoms. The molecule has 2 aromatic rings. The molecule has 0 amide bonds. The third kappa shape index (κ3) is 4.23. The fourth-order valence-electron chi connectivity index (χ4n) is 2.41. The summed E-state index contributed by atoms with van der Waals surface area (Å²) in [5, 5.41) is 38.1. The number of hydrogen-bond acceptors (Lipinski definition) is 9. The number of methoxy groups -OCH3 is 2. The molecule has 27 heavy (non-hydrogen) atoms. The number of nitriles is 2. The van der Waals surface area contributed by atoms with E-state index in [-0.39, 0.29) is 27.7 Å². The number of aliphatic hydroxyl groups is 2. The molecule has 1 aromatic carbocycles. The molecule has 9 heteroatoms. The average Bonchev–Trinajstić information content (AvgIpc) is 2.70. The van der Waals surface area contributed by atoms with Gasteiger partial charge in [-0.3, -0.25) is 0 Å². The van der Waals surface area contributed by atoms with Crippen LogP contribution in [-0.2, 0) is 0 Å². The van der Waals surface area contributed by atoms with Gasteiger partial charge < -0.3 is 25.4 Å². The van der Waals surface area contributed by atoms with Crippen LogP contribution in [0.1, 0.15) is 11.1 Å². The zero-order valence-corrected chi connectivity index (χ0v) is 15.6. The summed E-state index contributed by atoms with van der Waals surface area (Å²) in [5.41, 5.74) is 7.03. The number of rotatable bonds is 7. The van der Waals surface area contributed by atoms with E-state index in [1.165, 1.54) is 14.2 Å². The van der Waals surface area contributed by atoms with E-state index in [0.717, 1.165) is 11.8 Å². The number of nitrogens with two attached hydrogens (primary N) is 1. The van der Waals surface area contributed by atoms with Gasteiger partial charge in [0.15, 0.2) is 11.5 Å². The van der Waals surface area contributed by atoms with Crippen molar-refractivity contribution in [3.8, 4) is 34.8 Å². The molecule has 4 N–H and O–H groups in total. The van der Waals surface area contributed by atoms with E-state index in [9.17, 15) is 15.6 Å². The summed E-state index contributed by atoms with van der Waals surface area (Å²) in [4.78, 5) is 4.13. The standard InChI is InChI=1S/C18H18N4O4S/c1-25-14-4-3-10(5-15(14)26-2)16-12(6-19)17(21)22-18(13(16)7-20)27-9-11(24)8-23/h3-5,11,23-24H,8-9H2,1-2H3,(H2,21,22). The molecule has 0 aliphatic rings. The van der Waals surface area contributed by atoms with E-state index >= 15 is 0 Å². The summed E-state index contributed by atoms with van der Waals surface area (Å²) in [6.07, 6.45) is -0.968. The zero-order valence-electron chi connectivity index (χ0n) is 14.8. The van der Waals surface area contributed by atoms with E-state index in [1.807, 2.05) is 6.07 Å². The lowest BCUT2D eigenvalue weighted by Gasteiger charge is -2.15. The molecule has 2 rings (SSSR count). The Kier molecular flexibility index (Phi) is 6.85. The first-order valence-corrected chi connectivity index (χ1v) is 8.77. The minimum atomic E-state index is -0.968. The third-order valence-corrected chi connectivity index (χ3v) is 4.83. The van der Waals surface area contributed by atoms with Crippen molar-refractivity contribution >= 4 is 17.6 Å². The molecule has 1 aromatic heterocycles. The molecule has 1 heterocycles. The normalized spacial score (nSPS) is 11.3. The number of hydrogen-bond donors (Lipinski definition) is 3. The predicted octanol–water partition coefficient (Wildman–Crippen LogP) is 1.54. The lowest BCUT2D eigenvalue weighted by atomic mass is 9.96. The Morgan fingerprint density at radius 2 is 1.85 bits per heavy atom. The maximum absolute atomic E-state index is 9.70. The molecule has 140 valence electrons. The van der Waals surface area contributed by atoms with E-state index in [4.69, 9.17) is 20.3 Å². The highest BCUT2D eigenvalue weighted by Gasteiger charge is 2.22. The number of pyridine rings is 1. The maximum Gasteiger partial charge on any atom is 0.161 e. The number of nitrogen functional groups attached to an aromatic ring is 1. The molecule has 1 atom stereocenters.